The number of rotatable bonds is 4. The lowest BCUT2D eigenvalue weighted by molar-refractivity contribution is 0.0905. The molecule has 1 aromatic carbocycles. The minimum atomic E-state index is -0.456. The quantitative estimate of drug-likeness (QED) is 0.879. The molecule has 4 nitrogen and oxygen atoms in total. The first-order valence-electron chi connectivity index (χ1n) is 5.97. The molecule has 1 atom stereocenters. The lowest BCUT2D eigenvalue weighted by Gasteiger charge is -2.29. The van der Waals surface area contributed by atoms with Crippen LogP contribution in [0.4, 0.5) is 0 Å². The van der Waals surface area contributed by atoms with Crippen LogP contribution in [-0.4, -0.2) is 20.8 Å². The van der Waals surface area contributed by atoms with Gasteiger partial charge in [-0.2, -0.15) is 0 Å². The maximum atomic E-state index is 12.3. The number of imidazole rings is 1. The number of hydrogen-bond donors (Lipinski definition) is 1. The average Bonchev–Trinajstić information content (AvgIpc) is 2.86. The van der Waals surface area contributed by atoms with Crippen molar-refractivity contribution in [3.8, 4) is 0 Å². The van der Waals surface area contributed by atoms with Crippen LogP contribution in [0.5, 0.6) is 0 Å². The van der Waals surface area contributed by atoms with Gasteiger partial charge >= 0.3 is 0 Å². The molecule has 1 heterocycles. The number of halogens is 1. The van der Waals surface area contributed by atoms with Crippen molar-refractivity contribution < 1.29 is 4.79 Å². The first-order valence-corrected chi connectivity index (χ1v) is 7.09. The Morgan fingerprint density at radius 1 is 1.42 bits per heavy atom. The molecule has 5 heteroatoms. The van der Waals surface area contributed by atoms with E-state index < -0.39 is 5.54 Å². The lowest BCUT2D eigenvalue weighted by atomic mass is 9.94. The zero-order chi connectivity index (χ0) is 13.9. The Balaban J connectivity index is 2.25. The number of nitrogens with one attached hydrogen (secondary N) is 1. The summed E-state index contributed by atoms with van der Waals surface area (Å²) >= 11 is 3.48. The van der Waals surface area contributed by atoms with Crippen molar-refractivity contribution in [3.63, 3.8) is 0 Å². The van der Waals surface area contributed by atoms with Gasteiger partial charge in [0.25, 0.3) is 5.91 Å². The Hall–Kier alpha value is -1.62. The molecule has 0 spiro atoms. The van der Waals surface area contributed by atoms with Gasteiger partial charge in [-0.15, -0.1) is 0 Å². The predicted octanol–water partition coefficient (Wildman–Crippen LogP) is 2.46. The number of amides is 1. The molecule has 1 aromatic heterocycles. The second-order valence-electron chi connectivity index (χ2n) is 4.68. The summed E-state index contributed by atoms with van der Waals surface area (Å²) in [4.78, 5) is 16.2. The first-order chi connectivity index (χ1) is 9.07. The summed E-state index contributed by atoms with van der Waals surface area (Å²) in [5.41, 5.74) is 1.15. The first kappa shape index (κ1) is 13.8. The fourth-order valence-electron chi connectivity index (χ4n) is 1.88. The Labute approximate surface area is 121 Å². The molecule has 19 heavy (non-hydrogen) atoms. The van der Waals surface area contributed by atoms with Gasteiger partial charge in [0.05, 0.1) is 18.1 Å². The zero-order valence-electron chi connectivity index (χ0n) is 10.9. The van der Waals surface area contributed by atoms with E-state index in [2.05, 4.69) is 26.2 Å². The van der Waals surface area contributed by atoms with Crippen LogP contribution >= 0.6 is 15.9 Å². The van der Waals surface area contributed by atoms with Gasteiger partial charge in [-0.1, -0.05) is 46.3 Å². The summed E-state index contributed by atoms with van der Waals surface area (Å²) < 4.78 is 1.70. The van der Waals surface area contributed by atoms with Gasteiger partial charge in [0.2, 0.25) is 0 Å². The van der Waals surface area contributed by atoms with E-state index in [1.165, 1.54) is 0 Å². The molecule has 0 bridgehead atoms. The van der Waals surface area contributed by atoms with E-state index in [1.807, 2.05) is 37.3 Å². The smallest absolute Gasteiger partial charge is 0.270 e. The van der Waals surface area contributed by atoms with Gasteiger partial charge in [0, 0.05) is 12.4 Å². The lowest BCUT2D eigenvalue weighted by Crippen LogP contribution is -2.45. The largest absolute Gasteiger partial charge is 0.341 e. The number of carbonyl (C=O) groups excluding carboxylic acids is 1. The van der Waals surface area contributed by atoms with Crippen molar-refractivity contribution in [2.45, 2.75) is 12.5 Å². The topological polar surface area (TPSA) is 46.9 Å². The van der Waals surface area contributed by atoms with Crippen molar-refractivity contribution in [1.82, 2.24) is 14.9 Å². The van der Waals surface area contributed by atoms with E-state index in [9.17, 15) is 4.79 Å². The molecule has 100 valence electrons. The molecule has 2 rings (SSSR count). The minimum absolute atomic E-state index is 0.134. The van der Waals surface area contributed by atoms with Crippen LogP contribution in [0.3, 0.4) is 0 Å². The summed E-state index contributed by atoms with van der Waals surface area (Å²) in [6, 6.07) is 9.90. The Morgan fingerprint density at radius 3 is 2.63 bits per heavy atom. The van der Waals surface area contributed by atoms with Crippen molar-refractivity contribution in [1.29, 1.82) is 0 Å². The van der Waals surface area contributed by atoms with E-state index in [0.717, 1.165) is 5.56 Å². The number of hydrogen-bond acceptors (Lipinski definition) is 2. The molecule has 0 saturated heterocycles. The van der Waals surface area contributed by atoms with Gasteiger partial charge in [-0.05, 0) is 12.5 Å². The van der Waals surface area contributed by atoms with Crippen LogP contribution in [0.2, 0.25) is 0 Å². The Morgan fingerprint density at radius 2 is 2.11 bits per heavy atom. The van der Waals surface area contributed by atoms with Gasteiger partial charge in [-0.25, -0.2) is 4.98 Å². The molecule has 0 aliphatic carbocycles. The number of nitrogens with zero attached hydrogens (tertiary/aromatic N) is 2. The fourth-order valence-corrected chi connectivity index (χ4v) is 2.34. The van der Waals surface area contributed by atoms with Crippen molar-refractivity contribution in [3.05, 3.63) is 54.1 Å². The molecule has 1 N–H and O–H groups in total. The van der Waals surface area contributed by atoms with Crippen LogP contribution in [-0.2, 0) is 12.6 Å². The number of carbonyl (C=O) groups is 1. The molecule has 0 fully saturated rings. The molecular weight excluding hydrogens is 306 g/mol. The summed E-state index contributed by atoms with van der Waals surface area (Å²) in [7, 11) is 1.80. The highest BCUT2D eigenvalue weighted by atomic mass is 79.9. The third-order valence-corrected chi connectivity index (χ3v) is 4.24. The normalized spacial score (nSPS) is 13.8. The minimum Gasteiger partial charge on any atom is -0.341 e. The summed E-state index contributed by atoms with van der Waals surface area (Å²) in [5.74, 6) is -0.134. The van der Waals surface area contributed by atoms with E-state index in [1.54, 1.807) is 24.1 Å². The molecule has 0 aliphatic heterocycles. The van der Waals surface area contributed by atoms with E-state index in [4.69, 9.17) is 0 Å². The van der Waals surface area contributed by atoms with Crippen molar-refractivity contribution in [2.24, 2.45) is 7.05 Å². The summed E-state index contributed by atoms with van der Waals surface area (Å²) in [6.07, 6.45) is 3.18. The van der Waals surface area contributed by atoms with Crippen molar-refractivity contribution in [2.75, 3.05) is 5.33 Å². The average molecular weight is 322 g/mol. The van der Waals surface area contributed by atoms with Crippen molar-refractivity contribution >= 4 is 21.8 Å². The van der Waals surface area contributed by atoms with E-state index >= 15 is 0 Å². The number of aryl methyl sites for hydroxylation is 1. The van der Waals surface area contributed by atoms with Gasteiger partial charge < -0.3 is 9.88 Å². The summed E-state index contributed by atoms with van der Waals surface area (Å²) in [5, 5.41) is 3.69. The zero-order valence-corrected chi connectivity index (χ0v) is 12.5. The molecule has 0 aliphatic rings. The molecule has 1 unspecified atom stereocenters. The third-order valence-electron chi connectivity index (χ3n) is 3.12. The SMILES string of the molecule is Cn1cncc1C(=O)NC(C)(CBr)c1ccccc1. The molecule has 0 saturated carbocycles. The van der Waals surface area contributed by atoms with Gasteiger partial charge in [-0.3, -0.25) is 4.79 Å². The number of alkyl halides is 1. The van der Waals surface area contributed by atoms with Gasteiger partial charge in [0.1, 0.15) is 5.69 Å². The highest BCUT2D eigenvalue weighted by Crippen LogP contribution is 2.23. The Bertz CT molecular complexity index is 567. The van der Waals surface area contributed by atoms with E-state index in [0.29, 0.717) is 11.0 Å². The molecular formula is C14H16BrN3O. The second-order valence-corrected chi connectivity index (χ2v) is 5.24. The van der Waals surface area contributed by atoms with Crippen LogP contribution in [0.15, 0.2) is 42.9 Å². The maximum absolute atomic E-state index is 12.3. The Kier molecular flexibility index (Phi) is 4.04. The second kappa shape index (κ2) is 5.57. The summed E-state index contributed by atoms with van der Waals surface area (Å²) in [6.45, 7) is 1.99. The third kappa shape index (κ3) is 2.87. The van der Waals surface area contributed by atoms with Crippen LogP contribution in [0.25, 0.3) is 0 Å². The monoisotopic (exact) mass is 321 g/mol. The molecule has 0 radical (unpaired) electrons. The van der Waals surface area contributed by atoms with Gasteiger partial charge in [0.15, 0.2) is 0 Å². The number of benzene rings is 1. The molecule has 2 aromatic rings. The highest BCUT2D eigenvalue weighted by molar-refractivity contribution is 9.09. The maximum Gasteiger partial charge on any atom is 0.270 e. The fraction of sp³-hybridized carbons (Fsp3) is 0.286. The van der Waals surface area contributed by atoms with Crippen LogP contribution < -0.4 is 5.32 Å². The standard InChI is InChI=1S/C14H16BrN3O/c1-14(9-15,11-6-4-3-5-7-11)17-13(19)12-8-16-10-18(12)2/h3-8,10H,9H2,1-2H3,(H,17,19). The number of aromatic nitrogens is 2. The van der Waals surface area contributed by atoms with Crippen LogP contribution in [0.1, 0.15) is 23.0 Å². The van der Waals surface area contributed by atoms with E-state index in [-0.39, 0.29) is 5.91 Å². The predicted molar refractivity (Wildman–Crippen MR) is 78.3 cm³/mol. The van der Waals surface area contributed by atoms with Crippen LogP contribution in [0, 0.1) is 0 Å². The highest BCUT2D eigenvalue weighted by Gasteiger charge is 2.28. The molecule has 1 amide bonds.